The molecule has 0 saturated heterocycles. The summed E-state index contributed by atoms with van der Waals surface area (Å²) in [5.74, 6) is -1.48. The van der Waals surface area contributed by atoms with Gasteiger partial charge in [-0.1, -0.05) is 20.8 Å². The fourth-order valence-corrected chi connectivity index (χ4v) is 2.01. The highest BCUT2D eigenvalue weighted by atomic mass is 16.4. The Morgan fingerprint density at radius 1 is 1.38 bits per heavy atom. The average Bonchev–Trinajstić information content (AvgIpc) is 2.76. The van der Waals surface area contributed by atoms with Crippen LogP contribution in [0.15, 0.2) is 12.3 Å². The molecule has 7 nitrogen and oxygen atoms in total. The van der Waals surface area contributed by atoms with Gasteiger partial charge in [-0.15, -0.1) is 0 Å². The van der Waals surface area contributed by atoms with Gasteiger partial charge in [-0.05, 0) is 17.9 Å². The first-order valence-corrected chi connectivity index (χ1v) is 6.90. The van der Waals surface area contributed by atoms with Crippen LogP contribution in [0.1, 0.15) is 32.9 Å². The van der Waals surface area contributed by atoms with Crippen molar-refractivity contribution in [3.05, 3.63) is 18.0 Å². The van der Waals surface area contributed by atoms with E-state index in [9.17, 15) is 14.7 Å². The largest absolute Gasteiger partial charge is 0.481 e. The Balaban J connectivity index is 2.40. The van der Waals surface area contributed by atoms with Crippen LogP contribution in [0.3, 0.4) is 0 Å². The molecule has 0 aliphatic heterocycles. The van der Waals surface area contributed by atoms with Gasteiger partial charge < -0.3 is 15.7 Å². The molecule has 0 aliphatic carbocycles. The molecule has 0 spiro atoms. The second kappa shape index (κ2) is 7.10. The zero-order valence-electron chi connectivity index (χ0n) is 13.0. The van der Waals surface area contributed by atoms with Crippen molar-refractivity contribution in [3.63, 3.8) is 0 Å². The Kier molecular flexibility index (Phi) is 5.75. The van der Waals surface area contributed by atoms with E-state index in [0.29, 0.717) is 13.0 Å². The van der Waals surface area contributed by atoms with Crippen LogP contribution >= 0.6 is 0 Å². The van der Waals surface area contributed by atoms with Crippen LogP contribution in [0.4, 0.5) is 4.79 Å². The molecular weight excluding hydrogens is 272 g/mol. The summed E-state index contributed by atoms with van der Waals surface area (Å²) >= 11 is 0. The second-order valence-corrected chi connectivity index (χ2v) is 6.31. The standard InChI is InChI=1S/C14H24N4O3/c1-14(2,3)7-10(12(19)20)8-15-13(21)16-9-11-5-6-17-18(11)4/h5-6,10H,7-9H2,1-4H3,(H,19,20)(H2,15,16,21). The average molecular weight is 296 g/mol. The fraction of sp³-hybridized carbons (Fsp3) is 0.643. The third-order valence-corrected chi connectivity index (χ3v) is 3.07. The van der Waals surface area contributed by atoms with E-state index in [1.165, 1.54) is 0 Å². The summed E-state index contributed by atoms with van der Waals surface area (Å²) in [5.41, 5.74) is 0.769. The molecular formula is C14H24N4O3. The lowest BCUT2D eigenvalue weighted by molar-refractivity contribution is -0.142. The molecule has 2 amide bonds. The lowest BCUT2D eigenvalue weighted by Crippen LogP contribution is -2.40. The maximum Gasteiger partial charge on any atom is 0.315 e. The number of nitrogens with zero attached hydrogens (tertiary/aromatic N) is 2. The number of carbonyl (C=O) groups excluding carboxylic acids is 1. The number of carboxylic acid groups (broad SMARTS) is 1. The van der Waals surface area contributed by atoms with E-state index in [-0.39, 0.29) is 18.0 Å². The van der Waals surface area contributed by atoms with Crippen LogP contribution in [0.5, 0.6) is 0 Å². The minimum atomic E-state index is -0.892. The van der Waals surface area contributed by atoms with Gasteiger partial charge >= 0.3 is 12.0 Å². The van der Waals surface area contributed by atoms with Crippen molar-refractivity contribution < 1.29 is 14.7 Å². The van der Waals surface area contributed by atoms with Gasteiger partial charge in [0.15, 0.2) is 0 Å². The maximum atomic E-state index is 11.7. The number of aliphatic carboxylic acids is 1. The van der Waals surface area contributed by atoms with Crippen molar-refractivity contribution in [2.24, 2.45) is 18.4 Å². The second-order valence-electron chi connectivity index (χ2n) is 6.31. The summed E-state index contributed by atoms with van der Waals surface area (Å²) in [5, 5.41) is 18.5. The monoisotopic (exact) mass is 296 g/mol. The number of hydrogen-bond acceptors (Lipinski definition) is 3. The van der Waals surface area contributed by atoms with Crippen molar-refractivity contribution in [2.75, 3.05) is 6.54 Å². The molecule has 1 aromatic rings. The number of urea groups is 1. The molecule has 1 unspecified atom stereocenters. The van der Waals surface area contributed by atoms with Crippen molar-refractivity contribution >= 4 is 12.0 Å². The molecule has 0 aromatic carbocycles. The molecule has 118 valence electrons. The molecule has 0 fully saturated rings. The van der Waals surface area contributed by atoms with Crippen molar-refractivity contribution in [1.29, 1.82) is 0 Å². The SMILES string of the molecule is Cn1nccc1CNC(=O)NCC(CC(C)(C)C)C(=O)O. The minimum Gasteiger partial charge on any atom is -0.481 e. The molecule has 0 saturated carbocycles. The molecule has 7 heteroatoms. The Morgan fingerprint density at radius 3 is 2.52 bits per heavy atom. The highest BCUT2D eigenvalue weighted by Crippen LogP contribution is 2.24. The Morgan fingerprint density at radius 2 is 2.05 bits per heavy atom. The summed E-state index contributed by atoms with van der Waals surface area (Å²) in [6, 6.07) is 1.43. The number of amides is 2. The lowest BCUT2D eigenvalue weighted by atomic mass is 9.84. The molecule has 1 aromatic heterocycles. The van der Waals surface area contributed by atoms with E-state index in [4.69, 9.17) is 0 Å². The van der Waals surface area contributed by atoms with Crippen LogP contribution in [0, 0.1) is 11.3 Å². The van der Waals surface area contributed by atoms with Crippen LogP contribution in [0.2, 0.25) is 0 Å². The first-order chi connectivity index (χ1) is 9.69. The number of carbonyl (C=O) groups is 2. The first-order valence-electron chi connectivity index (χ1n) is 6.90. The van der Waals surface area contributed by atoms with Gasteiger partial charge in [0, 0.05) is 19.8 Å². The summed E-state index contributed by atoms with van der Waals surface area (Å²) < 4.78 is 1.67. The smallest absolute Gasteiger partial charge is 0.315 e. The van der Waals surface area contributed by atoms with Crippen molar-refractivity contribution in [3.8, 4) is 0 Å². The normalized spacial score (nSPS) is 12.8. The van der Waals surface area contributed by atoms with E-state index < -0.39 is 11.9 Å². The Hall–Kier alpha value is -2.05. The van der Waals surface area contributed by atoms with E-state index >= 15 is 0 Å². The minimum absolute atomic E-state index is 0.101. The quantitative estimate of drug-likeness (QED) is 0.738. The van der Waals surface area contributed by atoms with Gasteiger partial charge in [0.1, 0.15) is 0 Å². The number of hydrogen-bond donors (Lipinski definition) is 3. The Bertz CT molecular complexity index is 491. The zero-order valence-corrected chi connectivity index (χ0v) is 13.0. The number of rotatable bonds is 6. The molecule has 0 bridgehead atoms. The zero-order chi connectivity index (χ0) is 16.0. The summed E-state index contributed by atoms with van der Waals surface area (Å²) in [6.07, 6.45) is 2.16. The lowest BCUT2D eigenvalue weighted by Gasteiger charge is -2.23. The van der Waals surface area contributed by atoms with Gasteiger partial charge in [0.2, 0.25) is 0 Å². The third-order valence-electron chi connectivity index (χ3n) is 3.07. The van der Waals surface area contributed by atoms with Gasteiger partial charge in [-0.2, -0.15) is 5.10 Å². The van der Waals surface area contributed by atoms with Crippen LogP contribution in [-0.2, 0) is 18.4 Å². The van der Waals surface area contributed by atoms with Crippen molar-refractivity contribution in [2.45, 2.75) is 33.7 Å². The van der Waals surface area contributed by atoms with Gasteiger partial charge in [-0.3, -0.25) is 9.48 Å². The van der Waals surface area contributed by atoms with E-state index in [0.717, 1.165) is 5.69 Å². The molecule has 21 heavy (non-hydrogen) atoms. The maximum absolute atomic E-state index is 11.7. The number of aromatic nitrogens is 2. The number of aryl methyl sites for hydroxylation is 1. The summed E-state index contributed by atoms with van der Waals surface area (Å²) in [7, 11) is 1.79. The predicted molar refractivity (Wildman–Crippen MR) is 78.6 cm³/mol. The number of nitrogens with one attached hydrogen (secondary N) is 2. The highest BCUT2D eigenvalue weighted by molar-refractivity contribution is 5.75. The highest BCUT2D eigenvalue weighted by Gasteiger charge is 2.24. The van der Waals surface area contributed by atoms with Gasteiger partial charge in [-0.25, -0.2) is 4.79 Å². The van der Waals surface area contributed by atoms with Crippen molar-refractivity contribution in [1.82, 2.24) is 20.4 Å². The molecule has 1 atom stereocenters. The van der Waals surface area contributed by atoms with E-state index in [1.54, 1.807) is 24.0 Å². The summed E-state index contributed by atoms with van der Waals surface area (Å²) in [4.78, 5) is 22.9. The number of carboxylic acids is 1. The molecule has 1 heterocycles. The molecule has 3 N–H and O–H groups in total. The van der Waals surface area contributed by atoms with Gasteiger partial charge in [0.05, 0.1) is 18.2 Å². The van der Waals surface area contributed by atoms with Crippen LogP contribution in [0.25, 0.3) is 0 Å². The molecule has 0 aliphatic rings. The molecule has 1 rings (SSSR count). The summed E-state index contributed by atoms with van der Waals surface area (Å²) in [6.45, 7) is 6.39. The Labute approximate surface area is 124 Å². The van der Waals surface area contributed by atoms with E-state index in [2.05, 4.69) is 15.7 Å². The third kappa shape index (κ3) is 6.29. The van der Waals surface area contributed by atoms with Crippen LogP contribution in [-0.4, -0.2) is 33.4 Å². The molecule has 0 radical (unpaired) electrons. The van der Waals surface area contributed by atoms with Crippen LogP contribution < -0.4 is 10.6 Å². The van der Waals surface area contributed by atoms with Gasteiger partial charge in [0.25, 0.3) is 0 Å². The fourth-order valence-electron chi connectivity index (χ4n) is 2.01. The van der Waals surface area contributed by atoms with E-state index in [1.807, 2.05) is 20.8 Å². The predicted octanol–water partition coefficient (Wildman–Crippen LogP) is 1.36. The topological polar surface area (TPSA) is 96.3 Å². The first kappa shape index (κ1) is 17.0.